The molecule has 0 atom stereocenters. The minimum Gasteiger partial charge on any atom is -0.465 e. The van der Waals surface area contributed by atoms with E-state index in [9.17, 15) is 4.79 Å². The normalized spacial score (nSPS) is 36.7. The van der Waals surface area contributed by atoms with Crippen LogP contribution in [0.3, 0.4) is 0 Å². The highest BCUT2D eigenvalue weighted by atomic mass is 16.5. The Kier molecular flexibility index (Phi) is 3.24. The second-order valence-electron chi connectivity index (χ2n) is 7.44. The molecule has 0 unspecified atom stereocenters. The predicted octanol–water partition coefficient (Wildman–Crippen LogP) is 3.38. The van der Waals surface area contributed by atoms with Crippen LogP contribution in [0.4, 0.5) is 0 Å². The molecule has 0 aliphatic heterocycles. The zero-order chi connectivity index (χ0) is 14.3. The van der Waals surface area contributed by atoms with Crippen LogP contribution in [0.2, 0.25) is 0 Å². The lowest BCUT2D eigenvalue weighted by Gasteiger charge is -2.55. The number of carbonyl (C=O) groups excluding carboxylic acids is 1. The van der Waals surface area contributed by atoms with Crippen LogP contribution in [0.1, 0.15) is 44.1 Å². The van der Waals surface area contributed by atoms with Crippen molar-refractivity contribution in [3.05, 3.63) is 30.1 Å². The van der Waals surface area contributed by atoms with Crippen LogP contribution in [0.15, 0.2) is 24.5 Å². The van der Waals surface area contributed by atoms with Gasteiger partial charge in [-0.1, -0.05) is 0 Å². The van der Waals surface area contributed by atoms with Gasteiger partial charge in [-0.05, 0) is 74.0 Å². The maximum atomic E-state index is 12.7. The number of rotatable bonds is 4. The van der Waals surface area contributed by atoms with Crippen molar-refractivity contribution in [2.45, 2.75) is 44.9 Å². The van der Waals surface area contributed by atoms with E-state index >= 15 is 0 Å². The van der Waals surface area contributed by atoms with Gasteiger partial charge in [0, 0.05) is 18.8 Å². The summed E-state index contributed by atoms with van der Waals surface area (Å²) in [6, 6.07) is 3.97. The molecule has 4 aliphatic rings. The summed E-state index contributed by atoms with van der Waals surface area (Å²) >= 11 is 0. The van der Waals surface area contributed by atoms with Gasteiger partial charge in [-0.25, -0.2) is 0 Å². The Bertz CT molecular complexity index is 490. The highest BCUT2D eigenvalue weighted by Gasteiger charge is 2.55. The van der Waals surface area contributed by atoms with E-state index in [0.29, 0.717) is 6.61 Å². The number of carbonyl (C=O) groups is 1. The van der Waals surface area contributed by atoms with Crippen LogP contribution >= 0.6 is 0 Å². The first-order valence-electron chi connectivity index (χ1n) is 8.30. The van der Waals surface area contributed by atoms with Gasteiger partial charge in [-0.3, -0.25) is 9.78 Å². The first-order valence-corrected chi connectivity index (χ1v) is 8.30. The second kappa shape index (κ2) is 5.11. The first-order chi connectivity index (χ1) is 10.2. The highest BCUT2D eigenvalue weighted by molar-refractivity contribution is 5.77. The van der Waals surface area contributed by atoms with Gasteiger partial charge >= 0.3 is 5.97 Å². The molecule has 1 heterocycles. The third-order valence-corrected chi connectivity index (χ3v) is 5.84. The van der Waals surface area contributed by atoms with E-state index in [-0.39, 0.29) is 11.4 Å². The van der Waals surface area contributed by atoms with Gasteiger partial charge in [0.2, 0.25) is 0 Å². The van der Waals surface area contributed by atoms with Gasteiger partial charge in [-0.2, -0.15) is 0 Å². The Morgan fingerprint density at radius 2 is 1.67 bits per heavy atom. The van der Waals surface area contributed by atoms with Gasteiger partial charge in [0.25, 0.3) is 0 Å². The van der Waals surface area contributed by atoms with Crippen LogP contribution < -0.4 is 0 Å². The molecule has 4 saturated carbocycles. The Hall–Kier alpha value is -1.38. The van der Waals surface area contributed by atoms with Crippen molar-refractivity contribution in [2.24, 2.45) is 23.2 Å². The van der Waals surface area contributed by atoms with E-state index in [2.05, 4.69) is 4.98 Å². The predicted molar refractivity (Wildman–Crippen MR) is 79.5 cm³/mol. The maximum Gasteiger partial charge on any atom is 0.312 e. The van der Waals surface area contributed by atoms with E-state index in [4.69, 9.17) is 4.74 Å². The van der Waals surface area contributed by atoms with Crippen molar-refractivity contribution in [3.8, 4) is 0 Å². The number of nitrogens with zero attached hydrogens (tertiary/aromatic N) is 1. The molecule has 112 valence electrons. The minimum absolute atomic E-state index is 0.0932. The molecule has 5 rings (SSSR count). The van der Waals surface area contributed by atoms with E-state index < -0.39 is 0 Å². The van der Waals surface area contributed by atoms with Crippen molar-refractivity contribution in [2.75, 3.05) is 6.61 Å². The van der Waals surface area contributed by atoms with Crippen LogP contribution in [-0.2, 0) is 16.0 Å². The van der Waals surface area contributed by atoms with Gasteiger partial charge in [0.1, 0.15) is 0 Å². The van der Waals surface area contributed by atoms with Gasteiger partial charge in [0.15, 0.2) is 0 Å². The number of esters is 1. The smallest absolute Gasteiger partial charge is 0.312 e. The third kappa shape index (κ3) is 2.47. The molecule has 0 saturated heterocycles. The Morgan fingerprint density at radius 1 is 1.10 bits per heavy atom. The molecule has 0 spiro atoms. The molecule has 3 heteroatoms. The lowest BCUT2D eigenvalue weighted by Crippen LogP contribution is -2.50. The van der Waals surface area contributed by atoms with Crippen molar-refractivity contribution in [1.82, 2.24) is 4.98 Å². The van der Waals surface area contributed by atoms with E-state index in [0.717, 1.165) is 43.4 Å². The lowest BCUT2D eigenvalue weighted by molar-refractivity contribution is -0.171. The Morgan fingerprint density at radius 3 is 2.24 bits per heavy atom. The van der Waals surface area contributed by atoms with Crippen LogP contribution in [-0.4, -0.2) is 17.6 Å². The maximum absolute atomic E-state index is 12.7. The van der Waals surface area contributed by atoms with Crippen LogP contribution in [0, 0.1) is 23.2 Å². The molecular weight excluding hydrogens is 262 g/mol. The van der Waals surface area contributed by atoms with E-state index in [1.54, 1.807) is 12.4 Å². The fraction of sp³-hybridized carbons (Fsp3) is 0.667. The summed E-state index contributed by atoms with van der Waals surface area (Å²) in [7, 11) is 0. The molecule has 1 aromatic heterocycles. The summed E-state index contributed by atoms with van der Waals surface area (Å²) in [5, 5.41) is 0. The molecule has 0 amide bonds. The fourth-order valence-electron chi connectivity index (χ4n) is 5.32. The molecular formula is C18H23NO2. The average molecular weight is 285 g/mol. The van der Waals surface area contributed by atoms with Gasteiger partial charge in [0.05, 0.1) is 12.0 Å². The average Bonchev–Trinajstić information content (AvgIpc) is 2.47. The number of hydrogen-bond acceptors (Lipinski definition) is 3. The summed E-state index contributed by atoms with van der Waals surface area (Å²) in [6.45, 7) is 0.505. The van der Waals surface area contributed by atoms with Crippen molar-refractivity contribution < 1.29 is 9.53 Å². The van der Waals surface area contributed by atoms with Crippen LogP contribution in [0.25, 0.3) is 0 Å². The summed E-state index contributed by atoms with van der Waals surface area (Å²) in [5.41, 5.74) is 1.07. The van der Waals surface area contributed by atoms with Gasteiger partial charge < -0.3 is 4.74 Å². The van der Waals surface area contributed by atoms with Crippen molar-refractivity contribution in [3.63, 3.8) is 0 Å². The second-order valence-corrected chi connectivity index (χ2v) is 7.44. The summed E-state index contributed by atoms with van der Waals surface area (Å²) in [6.07, 6.45) is 11.7. The molecule has 0 N–H and O–H groups in total. The number of hydrogen-bond donors (Lipinski definition) is 0. The Balaban J connectivity index is 1.37. The highest BCUT2D eigenvalue weighted by Crippen LogP contribution is 2.60. The molecule has 4 fully saturated rings. The monoisotopic (exact) mass is 285 g/mol. The SMILES string of the molecule is O=C(OCCc1ccncc1)C12CC3CC(CC(C3)C1)C2. The minimum atomic E-state index is -0.118. The van der Waals surface area contributed by atoms with Gasteiger partial charge in [-0.15, -0.1) is 0 Å². The zero-order valence-electron chi connectivity index (χ0n) is 12.5. The fourth-order valence-corrected chi connectivity index (χ4v) is 5.32. The molecule has 4 bridgehead atoms. The standard InChI is InChI=1S/C18H23NO2/c20-17(21-6-3-13-1-4-19-5-2-13)18-10-14-7-15(11-18)9-16(8-14)12-18/h1-2,4-5,14-16H,3,6-12H2. The molecule has 1 aromatic rings. The summed E-state index contributed by atoms with van der Waals surface area (Å²) in [5.74, 6) is 2.48. The quantitative estimate of drug-likeness (QED) is 0.796. The molecule has 0 radical (unpaired) electrons. The zero-order valence-corrected chi connectivity index (χ0v) is 12.5. The largest absolute Gasteiger partial charge is 0.465 e. The third-order valence-electron chi connectivity index (χ3n) is 5.84. The number of aromatic nitrogens is 1. The van der Waals surface area contributed by atoms with Crippen molar-refractivity contribution in [1.29, 1.82) is 0 Å². The summed E-state index contributed by atoms with van der Waals surface area (Å²) in [4.78, 5) is 16.7. The molecule has 0 aromatic carbocycles. The molecule has 3 nitrogen and oxygen atoms in total. The topological polar surface area (TPSA) is 39.2 Å². The first kappa shape index (κ1) is 13.3. The van der Waals surface area contributed by atoms with E-state index in [1.807, 2.05) is 12.1 Å². The lowest BCUT2D eigenvalue weighted by atomic mass is 9.49. The molecule has 21 heavy (non-hydrogen) atoms. The van der Waals surface area contributed by atoms with Crippen molar-refractivity contribution >= 4 is 5.97 Å². The Labute approximate surface area is 126 Å². The summed E-state index contributed by atoms with van der Waals surface area (Å²) < 4.78 is 5.67. The van der Waals surface area contributed by atoms with Crippen LogP contribution in [0.5, 0.6) is 0 Å². The van der Waals surface area contributed by atoms with E-state index in [1.165, 1.54) is 24.8 Å². The molecule has 4 aliphatic carbocycles. The number of ether oxygens (including phenoxy) is 1. The number of pyridine rings is 1.